The topological polar surface area (TPSA) is 71.6 Å². The first-order valence-electron chi connectivity index (χ1n) is 9.67. The minimum Gasteiger partial charge on any atom is -0.497 e. The molecule has 146 valence electrons. The zero-order valence-corrected chi connectivity index (χ0v) is 16.0. The molecular formula is C22H25N3O3. The van der Waals surface area contributed by atoms with Crippen LogP contribution in [0.1, 0.15) is 30.3 Å². The minimum atomic E-state index is -0.363. The number of benzene rings is 2. The molecule has 28 heavy (non-hydrogen) atoms. The Labute approximate surface area is 164 Å². The third-order valence-corrected chi connectivity index (χ3v) is 5.21. The summed E-state index contributed by atoms with van der Waals surface area (Å²) in [4.78, 5) is 6.85. The van der Waals surface area contributed by atoms with E-state index in [-0.39, 0.29) is 12.1 Å². The van der Waals surface area contributed by atoms with Gasteiger partial charge in [-0.15, -0.1) is 0 Å². The van der Waals surface area contributed by atoms with Gasteiger partial charge in [-0.3, -0.25) is 4.90 Å². The summed E-state index contributed by atoms with van der Waals surface area (Å²) in [6, 6.07) is 18.0. The number of aliphatic hydroxyl groups is 1. The highest BCUT2D eigenvalue weighted by Crippen LogP contribution is 2.32. The van der Waals surface area contributed by atoms with Crippen molar-refractivity contribution in [2.75, 3.05) is 20.2 Å². The molecule has 0 saturated carbocycles. The predicted molar refractivity (Wildman–Crippen MR) is 106 cm³/mol. The maximum atomic E-state index is 10.2. The van der Waals surface area contributed by atoms with Gasteiger partial charge >= 0.3 is 0 Å². The molecule has 0 radical (unpaired) electrons. The molecule has 1 saturated heterocycles. The Morgan fingerprint density at radius 3 is 2.68 bits per heavy atom. The van der Waals surface area contributed by atoms with Gasteiger partial charge in [0.25, 0.3) is 0 Å². The van der Waals surface area contributed by atoms with E-state index < -0.39 is 0 Å². The molecule has 0 bridgehead atoms. The molecule has 2 aromatic carbocycles. The Bertz CT molecular complexity index is 880. The fraction of sp³-hybridized carbons (Fsp3) is 0.364. The summed E-state index contributed by atoms with van der Waals surface area (Å²) in [6.45, 7) is 1.52. The Hall–Kier alpha value is -2.70. The van der Waals surface area contributed by atoms with Crippen molar-refractivity contribution < 1.29 is 14.4 Å². The van der Waals surface area contributed by atoms with Crippen LogP contribution in [0.2, 0.25) is 0 Å². The third-order valence-electron chi connectivity index (χ3n) is 5.21. The Morgan fingerprint density at radius 2 is 1.93 bits per heavy atom. The van der Waals surface area contributed by atoms with Crippen LogP contribution < -0.4 is 4.74 Å². The number of methoxy groups -OCH3 is 1. The first-order chi connectivity index (χ1) is 13.7. The molecule has 1 N–H and O–H groups in total. The largest absolute Gasteiger partial charge is 0.497 e. The highest BCUT2D eigenvalue weighted by Gasteiger charge is 2.35. The Balaban J connectivity index is 1.42. The van der Waals surface area contributed by atoms with Crippen molar-refractivity contribution in [2.45, 2.75) is 31.4 Å². The summed E-state index contributed by atoms with van der Waals surface area (Å²) < 4.78 is 10.7. The maximum Gasteiger partial charge on any atom is 0.244 e. The van der Waals surface area contributed by atoms with Gasteiger partial charge in [-0.25, -0.2) is 0 Å². The van der Waals surface area contributed by atoms with Crippen molar-refractivity contribution in [3.05, 3.63) is 66.1 Å². The van der Waals surface area contributed by atoms with Crippen LogP contribution in [0.25, 0.3) is 11.4 Å². The average Bonchev–Trinajstić information content (AvgIpc) is 3.36. The van der Waals surface area contributed by atoms with E-state index in [9.17, 15) is 5.11 Å². The molecule has 1 aliphatic heterocycles. The van der Waals surface area contributed by atoms with Gasteiger partial charge in [0.1, 0.15) is 5.75 Å². The van der Waals surface area contributed by atoms with Gasteiger partial charge < -0.3 is 14.4 Å². The van der Waals surface area contributed by atoms with Crippen molar-refractivity contribution in [2.24, 2.45) is 0 Å². The smallest absolute Gasteiger partial charge is 0.244 e. The number of aliphatic hydroxyl groups excluding tert-OH is 1. The molecule has 1 fully saturated rings. The molecule has 6 nitrogen and oxygen atoms in total. The number of likely N-dealkylation sites (tertiary alicyclic amines) is 1. The summed E-state index contributed by atoms with van der Waals surface area (Å²) in [5, 5.41) is 14.3. The van der Waals surface area contributed by atoms with Gasteiger partial charge in [0.05, 0.1) is 19.3 Å². The first-order valence-corrected chi connectivity index (χ1v) is 9.67. The molecule has 6 heteroatoms. The van der Waals surface area contributed by atoms with Crippen LogP contribution in [-0.2, 0) is 6.42 Å². The SMILES string of the molecule is COc1ccc(-c2noc(C3CC(O)CN3CCCc3ccccc3)n2)cc1. The second-order valence-electron chi connectivity index (χ2n) is 7.17. The van der Waals surface area contributed by atoms with E-state index in [0.717, 1.165) is 30.7 Å². The third kappa shape index (κ3) is 4.24. The Morgan fingerprint density at radius 1 is 1.14 bits per heavy atom. The van der Waals surface area contributed by atoms with E-state index >= 15 is 0 Å². The van der Waals surface area contributed by atoms with E-state index in [4.69, 9.17) is 9.26 Å². The number of aryl methyl sites for hydroxylation is 1. The van der Waals surface area contributed by atoms with Gasteiger partial charge in [0.2, 0.25) is 11.7 Å². The van der Waals surface area contributed by atoms with E-state index in [1.807, 2.05) is 30.3 Å². The average molecular weight is 379 g/mol. The van der Waals surface area contributed by atoms with E-state index in [2.05, 4.69) is 39.3 Å². The van der Waals surface area contributed by atoms with Crippen LogP contribution >= 0.6 is 0 Å². The van der Waals surface area contributed by atoms with Crippen LogP contribution in [0.15, 0.2) is 59.1 Å². The fourth-order valence-electron chi connectivity index (χ4n) is 3.74. The number of ether oxygens (including phenoxy) is 1. The lowest BCUT2D eigenvalue weighted by Gasteiger charge is -2.20. The van der Waals surface area contributed by atoms with Crippen molar-refractivity contribution >= 4 is 0 Å². The molecular weight excluding hydrogens is 354 g/mol. The molecule has 2 unspecified atom stereocenters. The fourth-order valence-corrected chi connectivity index (χ4v) is 3.74. The highest BCUT2D eigenvalue weighted by molar-refractivity contribution is 5.55. The zero-order chi connectivity index (χ0) is 19.3. The molecule has 2 heterocycles. The van der Waals surface area contributed by atoms with Gasteiger partial charge in [-0.1, -0.05) is 35.5 Å². The predicted octanol–water partition coefficient (Wildman–Crippen LogP) is 3.49. The lowest BCUT2D eigenvalue weighted by Crippen LogP contribution is -2.26. The van der Waals surface area contributed by atoms with Crippen LogP contribution in [0.3, 0.4) is 0 Å². The zero-order valence-electron chi connectivity index (χ0n) is 16.0. The number of nitrogens with zero attached hydrogens (tertiary/aromatic N) is 3. The van der Waals surface area contributed by atoms with Crippen LogP contribution in [-0.4, -0.2) is 46.5 Å². The lowest BCUT2D eigenvalue weighted by molar-refractivity contribution is 0.172. The highest BCUT2D eigenvalue weighted by atomic mass is 16.5. The second-order valence-corrected chi connectivity index (χ2v) is 7.17. The van der Waals surface area contributed by atoms with Gasteiger partial charge in [-0.2, -0.15) is 4.98 Å². The van der Waals surface area contributed by atoms with Crippen molar-refractivity contribution in [3.8, 4) is 17.1 Å². The molecule has 1 aliphatic rings. The normalized spacial score (nSPS) is 19.8. The molecule has 2 atom stereocenters. The van der Waals surface area contributed by atoms with Crippen LogP contribution in [0.5, 0.6) is 5.75 Å². The quantitative estimate of drug-likeness (QED) is 0.678. The molecule has 0 aliphatic carbocycles. The monoisotopic (exact) mass is 379 g/mol. The summed E-state index contributed by atoms with van der Waals surface area (Å²) in [5.74, 6) is 1.92. The van der Waals surface area contributed by atoms with Crippen molar-refractivity contribution in [3.63, 3.8) is 0 Å². The van der Waals surface area contributed by atoms with Gasteiger partial charge in [-0.05, 0) is 55.6 Å². The maximum absolute atomic E-state index is 10.2. The minimum absolute atomic E-state index is 0.0368. The van der Waals surface area contributed by atoms with E-state index in [1.54, 1.807) is 7.11 Å². The van der Waals surface area contributed by atoms with Crippen LogP contribution in [0.4, 0.5) is 0 Å². The number of hydrogen-bond acceptors (Lipinski definition) is 6. The summed E-state index contributed by atoms with van der Waals surface area (Å²) >= 11 is 0. The standard InChI is InChI=1S/C22H25N3O3/c1-27-19-11-9-17(10-12-19)21-23-22(28-24-21)20-14-18(26)15-25(20)13-5-8-16-6-3-2-4-7-16/h2-4,6-7,9-12,18,20,26H,5,8,13-15H2,1H3. The summed E-state index contributed by atoms with van der Waals surface area (Å²) in [7, 11) is 1.64. The van der Waals surface area contributed by atoms with Gasteiger partial charge in [0.15, 0.2) is 0 Å². The number of hydrogen-bond donors (Lipinski definition) is 1. The number of rotatable bonds is 7. The van der Waals surface area contributed by atoms with E-state index in [0.29, 0.717) is 24.7 Å². The number of aromatic nitrogens is 2. The van der Waals surface area contributed by atoms with E-state index in [1.165, 1.54) is 5.56 Å². The Kier molecular flexibility index (Phi) is 5.69. The molecule has 0 spiro atoms. The lowest BCUT2D eigenvalue weighted by atomic mass is 10.1. The van der Waals surface area contributed by atoms with Crippen molar-refractivity contribution in [1.29, 1.82) is 0 Å². The second kappa shape index (κ2) is 8.54. The van der Waals surface area contributed by atoms with Crippen LogP contribution in [0, 0.1) is 0 Å². The molecule has 3 aromatic rings. The number of β-amino-alcohol motifs (C(OH)–C–C–N with tert-alkyl or cyclic N) is 1. The first kappa shape index (κ1) is 18.7. The van der Waals surface area contributed by atoms with Crippen molar-refractivity contribution in [1.82, 2.24) is 15.0 Å². The summed E-state index contributed by atoms with van der Waals surface area (Å²) in [5.41, 5.74) is 2.21. The summed E-state index contributed by atoms with van der Waals surface area (Å²) in [6.07, 6.45) is 2.29. The molecule has 1 aromatic heterocycles. The molecule has 0 amide bonds. The molecule has 4 rings (SSSR count). The van der Waals surface area contributed by atoms with Gasteiger partial charge in [0, 0.05) is 12.1 Å².